The van der Waals surface area contributed by atoms with Crippen LogP contribution in [0.5, 0.6) is 0 Å². The summed E-state index contributed by atoms with van der Waals surface area (Å²) in [6, 6.07) is 0. The van der Waals surface area contributed by atoms with Crippen molar-refractivity contribution < 1.29 is 4.79 Å². The lowest BCUT2D eigenvalue weighted by atomic mass is 9.88. The normalized spacial score (nSPS) is 35.2. The van der Waals surface area contributed by atoms with Crippen molar-refractivity contribution in [2.24, 2.45) is 17.8 Å². The van der Waals surface area contributed by atoms with Gasteiger partial charge in [-0.05, 0) is 31.1 Å². The van der Waals surface area contributed by atoms with Crippen molar-refractivity contribution in [3.05, 3.63) is 24.8 Å². The summed E-state index contributed by atoms with van der Waals surface area (Å²) in [5.74, 6) is 2.08. The minimum atomic E-state index is 0.343. The molecule has 0 N–H and O–H groups in total. The molecule has 0 aromatic heterocycles. The van der Waals surface area contributed by atoms with Gasteiger partial charge in [-0.2, -0.15) is 0 Å². The Bertz CT molecular complexity index is 252. The third kappa shape index (κ3) is 1.60. The van der Waals surface area contributed by atoms with Crippen LogP contribution in [0.1, 0.15) is 25.7 Å². The van der Waals surface area contributed by atoms with Crippen LogP contribution in [0.2, 0.25) is 0 Å². The molecular formula is C12H16O. The molecule has 0 unspecified atom stereocenters. The van der Waals surface area contributed by atoms with Gasteiger partial charge < -0.3 is 0 Å². The molecule has 1 heteroatoms. The Labute approximate surface area is 79.5 Å². The summed E-state index contributed by atoms with van der Waals surface area (Å²) >= 11 is 0. The van der Waals surface area contributed by atoms with Crippen LogP contribution in [0.4, 0.5) is 0 Å². The Morgan fingerprint density at radius 3 is 2.85 bits per heavy atom. The molecule has 70 valence electrons. The topological polar surface area (TPSA) is 17.1 Å². The van der Waals surface area contributed by atoms with E-state index < -0.39 is 0 Å². The second-order valence-electron chi connectivity index (χ2n) is 4.18. The summed E-state index contributed by atoms with van der Waals surface area (Å²) in [4.78, 5) is 11.7. The van der Waals surface area contributed by atoms with E-state index in [4.69, 9.17) is 0 Å². The van der Waals surface area contributed by atoms with Crippen molar-refractivity contribution in [1.82, 2.24) is 0 Å². The molecule has 0 aromatic carbocycles. The maximum Gasteiger partial charge on any atom is 0.136 e. The highest BCUT2D eigenvalue weighted by atomic mass is 16.1. The summed E-state index contributed by atoms with van der Waals surface area (Å²) in [5.41, 5.74) is 0. The van der Waals surface area contributed by atoms with Crippen LogP contribution in [0.25, 0.3) is 0 Å². The van der Waals surface area contributed by atoms with Crippen LogP contribution >= 0.6 is 0 Å². The fourth-order valence-corrected chi connectivity index (χ4v) is 2.58. The number of allylic oxidation sites excluding steroid dienone is 3. The lowest BCUT2D eigenvalue weighted by molar-refractivity contribution is -0.123. The number of carbonyl (C=O) groups excluding carboxylic acids is 1. The van der Waals surface area contributed by atoms with Gasteiger partial charge in [-0.25, -0.2) is 0 Å². The monoisotopic (exact) mass is 176 g/mol. The second-order valence-corrected chi connectivity index (χ2v) is 4.18. The molecule has 0 radical (unpaired) electrons. The van der Waals surface area contributed by atoms with Crippen molar-refractivity contribution in [2.75, 3.05) is 0 Å². The predicted octanol–water partition coefficient (Wildman–Crippen LogP) is 2.73. The molecular weight excluding hydrogens is 160 g/mol. The zero-order valence-electron chi connectivity index (χ0n) is 7.91. The quantitative estimate of drug-likeness (QED) is 0.602. The maximum atomic E-state index is 11.7. The molecule has 0 aliphatic heterocycles. The molecule has 2 aliphatic rings. The van der Waals surface area contributed by atoms with Gasteiger partial charge >= 0.3 is 0 Å². The van der Waals surface area contributed by atoms with E-state index >= 15 is 0 Å². The van der Waals surface area contributed by atoms with Gasteiger partial charge in [0.1, 0.15) is 5.78 Å². The van der Waals surface area contributed by atoms with Crippen molar-refractivity contribution in [2.45, 2.75) is 25.7 Å². The van der Waals surface area contributed by atoms with Gasteiger partial charge in [0, 0.05) is 12.3 Å². The highest BCUT2D eigenvalue weighted by molar-refractivity contribution is 5.82. The fraction of sp³-hybridized carbons (Fsp3) is 0.583. The van der Waals surface area contributed by atoms with Crippen molar-refractivity contribution in [1.29, 1.82) is 0 Å². The highest BCUT2D eigenvalue weighted by Crippen LogP contribution is 2.44. The Kier molecular flexibility index (Phi) is 2.34. The fourth-order valence-electron chi connectivity index (χ4n) is 2.58. The Hall–Kier alpha value is -0.850. The minimum absolute atomic E-state index is 0.343. The van der Waals surface area contributed by atoms with Crippen LogP contribution in [-0.4, -0.2) is 5.78 Å². The van der Waals surface area contributed by atoms with E-state index in [-0.39, 0.29) is 0 Å². The van der Waals surface area contributed by atoms with Crippen LogP contribution in [0.3, 0.4) is 0 Å². The average molecular weight is 176 g/mol. The second kappa shape index (κ2) is 3.49. The van der Waals surface area contributed by atoms with E-state index in [1.807, 2.05) is 6.08 Å². The van der Waals surface area contributed by atoms with E-state index in [9.17, 15) is 4.79 Å². The van der Waals surface area contributed by atoms with Gasteiger partial charge in [-0.15, -0.1) is 6.58 Å². The highest BCUT2D eigenvalue weighted by Gasteiger charge is 2.38. The summed E-state index contributed by atoms with van der Waals surface area (Å²) in [5, 5.41) is 0. The largest absolute Gasteiger partial charge is 0.299 e. The third-order valence-electron chi connectivity index (χ3n) is 3.29. The lowest BCUT2D eigenvalue weighted by Gasteiger charge is -2.15. The summed E-state index contributed by atoms with van der Waals surface area (Å²) in [7, 11) is 0. The molecule has 1 fully saturated rings. The Morgan fingerprint density at radius 1 is 1.46 bits per heavy atom. The summed E-state index contributed by atoms with van der Waals surface area (Å²) < 4.78 is 0. The molecule has 0 saturated heterocycles. The molecule has 2 bridgehead atoms. The van der Waals surface area contributed by atoms with Crippen molar-refractivity contribution in [3.8, 4) is 0 Å². The first kappa shape index (κ1) is 8.74. The van der Waals surface area contributed by atoms with Gasteiger partial charge in [-0.3, -0.25) is 4.79 Å². The van der Waals surface area contributed by atoms with Gasteiger partial charge in [-0.1, -0.05) is 18.2 Å². The molecule has 2 aliphatic carbocycles. The number of rotatable bonds is 4. The minimum Gasteiger partial charge on any atom is -0.299 e. The summed E-state index contributed by atoms with van der Waals surface area (Å²) in [6.45, 7) is 3.64. The van der Waals surface area contributed by atoms with Crippen LogP contribution in [0.15, 0.2) is 24.8 Å². The molecule has 3 atom stereocenters. The standard InChI is InChI=1S/C12H16O/c1-2-3-4-12(13)11-8-9-5-6-10(11)7-9/h2,5-6,9-11H,1,3-4,7-8H2/t9-,10+,11+/m0/s1. The zero-order valence-corrected chi connectivity index (χ0v) is 7.91. The molecule has 1 nitrogen and oxygen atoms in total. The Balaban J connectivity index is 1.91. The number of carbonyl (C=O) groups is 1. The van der Waals surface area contributed by atoms with E-state index in [1.165, 1.54) is 6.42 Å². The van der Waals surface area contributed by atoms with E-state index in [1.54, 1.807) is 0 Å². The first-order valence-corrected chi connectivity index (χ1v) is 5.13. The SMILES string of the molecule is C=CCCC(=O)[C@@H]1C[C@H]2C=C[C@@H]1C2. The Morgan fingerprint density at radius 2 is 2.31 bits per heavy atom. The van der Waals surface area contributed by atoms with Gasteiger partial charge in [0.15, 0.2) is 0 Å². The predicted molar refractivity (Wildman–Crippen MR) is 53.3 cm³/mol. The lowest BCUT2D eigenvalue weighted by Crippen LogP contribution is -2.18. The number of Topliss-reactive ketones (excluding diaryl/α,β-unsaturated/α-hetero) is 1. The number of hydrogen-bond donors (Lipinski definition) is 0. The number of hydrogen-bond acceptors (Lipinski definition) is 1. The molecule has 2 rings (SSSR count). The van der Waals surface area contributed by atoms with Crippen molar-refractivity contribution in [3.63, 3.8) is 0 Å². The zero-order chi connectivity index (χ0) is 9.26. The van der Waals surface area contributed by atoms with Gasteiger partial charge in [0.25, 0.3) is 0 Å². The molecule has 13 heavy (non-hydrogen) atoms. The molecule has 0 amide bonds. The van der Waals surface area contributed by atoms with Gasteiger partial charge in [0.05, 0.1) is 0 Å². The third-order valence-corrected chi connectivity index (χ3v) is 3.29. The molecule has 0 aromatic rings. The van der Waals surface area contributed by atoms with Gasteiger partial charge in [0.2, 0.25) is 0 Å². The molecule has 0 heterocycles. The van der Waals surface area contributed by atoms with Crippen LogP contribution in [0, 0.1) is 17.8 Å². The number of ketones is 1. The number of fused-ring (bicyclic) bond motifs is 2. The smallest absolute Gasteiger partial charge is 0.136 e. The molecule has 1 saturated carbocycles. The van der Waals surface area contributed by atoms with Crippen LogP contribution < -0.4 is 0 Å². The molecule has 0 spiro atoms. The summed E-state index contributed by atoms with van der Waals surface area (Å²) in [6.07, 6.45) is 10.2. The van der Waals surface area contributed by atoms with E-state index in [0.29, 0.717) is 30.0 Å². The maximum absolute atomic E-state index is 11.7. The first-order chi connectivity index (χ1) is 6.31. The van der Waals surface area contributed by atoms with E-state index in [0.717, 1.165) is 12.8 Å². The van der Waals surface area contributed by atoms with E-state index in [2.05, 4.69) is 18.7 Å². The average Bonchev–Trinajstić information content (AvgIpc) is 2.74. The van der Waals surface area contributed by atoms with Crippen molar-refractivity contribution >= 4 is 5.78 Å². The van der Waals surface area contributed by atoms with Crippen LogP contribution in [-0.2, 0) is 4.79 Å². The first-order valence-electron chi connectivity index (χ1n) is 5.13.